The van der Waals surface area contributed by atoms with Crippen molar-refractivity contribution in [2.45, 2.75) is 38.7 Å². The van der Waals surface area contributed by atoms with Crippen molar-refractivity contribution < 1.29 is 23.1 Å². The number of benzene rings is 1. The van der Waals surface area contributed by atoms with E-state index in [1.807, 2.05) is 0 Å². The van der Waals surface area contributed by atoms with Crippen molar-refractivity contribution in [1.82, 2.24) is 30.0 Å². The van der Waals surface area contributed by atoms with Crippen LogP contribution in [-0.4, -0.2) is 73.8 Å². The van der Waals surface area contributed by atoms with Crippen LogP contribution in [0, 0.1) is 0 Å². The Balaban J connectivity index is 0.000000878. The zero-order chi connectivity index (χ0) is 20.9. The zero-order valence-corrected chi connectivity index (χ0v) is 15.8. The highest BCUT2D eigenvalue weighted by Crippen LogP contribution is 2.30. The van der Waals surface area contributed by atoms with Gasteiger partial charge in [0.1, 0.15) is 0 Å². The number of nitrogens with zero attached hydrogens (tertiary/aromatic N) is 6. The Morgan fingerprint density at radius 3 is 2.43 bits per heavy atom. The molecule has 1 fully saturated rings. The van der Waals surface area contributed by atoms with Gasteiger partial charge >= 0.3 is 6.18 Å². The minimum Gasteiger partial charge on any atom is -0.483 e. The first-order chi connectivity index (χ1) is 13.2. The number of hydrogen-bond acceptors (Lipinski definition) is 6. The highest BCUT2D eigenvalue weighted by atomic mass is 19.4. The molecule has 11 heteroatoms. The Morgan fingerprint density at radius 1 is 1.25 bits per heavy atom. The van der Waals surface area contributed by atoms with Crippen molar-refractivity contribution in [2.75, 3.05) is 20.1 Å². The van der Waals surface area contributed by atoms with Gasteiger partial charge in [-0.2, -0.15) is 17.9 Å². The van der Waals surface area contributed by atoms with Crippen molar-refractivity contribution in [2.24, 2.45) is 0 Å². The van der Waals surface area contributed by atoms with E-state index in [4.69, 9.17) is 9.90 Å². The van der Waals surface area contributed by atoms with E-state index < -0.39 is 11.7 Å². The minimum absolute atomic E-state index is 0.250. The van der Waals surface area contributed by atoms with Crippen LogP contribution in [0.1, 0.15) is 25.2 Å². The molecular weight excluding hydrogens is 377 g/mol. The SMILES string of the molecule is C[C@@H]1CN(Cc2nnnn2-c2cccc(C(F)(F)F)c2)C[C@H](C)N1C.O=CO. The molecule has 0 unspecified atom stereocenters. The molecule has 154 valence electrons. The fraction of sp³-hybridized carbons (Fsp3) is 0.529. The molecule has 1 aromatic heterocycles. The van der Waals surface area contributed by atoms with Gasteiger partial charge in [-0.05, 0) is 49.5 Å². The van der Waals surface area contributed by atoms with Crippen LogP contribution in [0.5, 0.6) is 0 Å². The monoisotopic (exact) mass is 400 g/mol. The molecule has 1 aliphatic rings. The fourth-order valence-corrected chi connectivity index (χ4v) is 3.16. The molecule has 1 saturated heterocycles. The lowest BCUT2D eigenvalue weighted by molar-refractivity contribution is -0.137. The van der Waals surface area contributed by atoms with Gasteiger partial charge in [0, 0.05) is 25.2 Å². The summed E-state index contributed by atoms with van der Waals surface area (Å²) in [5, 5.41) is 18.4. The molecule has 0 radical (unpaired) electrons. The third-order valence-corrected chi connectivity index (χ3v) is 4.75. The summed E-state index contributed by atoms with van der Waals surface area (Å²) < 4.78 is 40.2. The van der Waals surface area contributed by atoms with E-state index in [2.05, 4.69) is 46.2 Å². The quantitative estimate of drug-likeness (QED) is 0.788. The number of aromatic nitrogens is 4. The maximum absolute atomic E-state index is 12.9. The summed E-state index contributed by atoms with van der Waals surface area (Å²) in [6, 6.07) is 5.82. The van der Waals surface area contributed by atoms with E-state index in [0.29, 0.717) is 30.1 Å². The van der Waals surface area contributed by atoms with Crippen molar-refractivity contribution in [1.29, 1.82) is 0 Å². The van der Waals surface area contributed by atoms with Crippen LogP contribution < -0.4 is 0 Å². The summed E-state index contributed by atoms with van der Waals surface area (Å²) in [5.74, 6) is 0.531. The highest BCUT2D eigenvalue weighted by molar-refractivity contribution is 5.36. The van der Waals surface area contributed by atoms with Gasteiger partial charge in [-0.3, -0.25) is 14.6 Å². The van der Waals surface area contributed by atoms with Crippen LogP contribution in [0.25, 0.3) is 5.69 Å². The summed E-state index contributed by atoms with van der Waals surface area (Å²) in [5.41, 5.74) is -0.404. The second kappa shape index (κ2) is 9.11. The van der Waals surface area contributed by atoms with Crippen LogP contribution in [0.15, 0.2) is 24.3 Å². The molecule has 0 spiro atoms. The summed E-state index contributed by atoms with van der Waals surface area (Å²) >= 11 is 0. The molecule has 0 bridgehead atoms. The van der Waals surface area contributed by atoms with E-state index in [1.165, 1.54) is 10.7 Å². The number of tetrazole rings is 1. The molecule has 2 atom stereocenters. The molecule has 28 heavy (non-hydrogen) atoms. The summed E-state index contributed by atoms with van der Waals surface area (Å²) in [6.45, 7) is 6.26. The predicted molar refractivity (Wildman–Crippen MR) is 94.8 cm³/mol. The minimum atomic E-state index is -4.40. The lowest BCUT2D eigenvalue weighted by Crippen LogP contribution is -2.54. The third kappa shape index (κ3) is 5.26. The normalized spacial score (nSPS) is 21.1. The van der Waals surface area contributed by atoms with Gasteiger partial charge in [0.2, 0.25) is 0 Å². The molecule has 0 aliphatic carbocycles. The average molecular weight is 400 g/mol. The molecule has 0 saturated carbocycles. The van der Waals surface area contributed by atoms with Gasteiger partial charge in [0.15, 0.2) is 5.82 Å². The lowest BCUT2D eigenvalue weighted by atomic mass is 10.1. The Morgan fingerprint density at radius 2 is 1.86 bits per heavy atom. The smallest absolute Gasteiger partial charge is 0.416 e. The Kier molecular flexibility index (Phi) is 7.08. The fourth-order valence-electron chi connectivity index (χ4n) is 3.16. The lowest BCUT2D eigenvalue weighted by Gasteiger charge is -2.42. The number of likely N-dealkylation sites (N-methyl/N-ethyl adjacent to an activating group) is 1. The molecule has 3 rings (SSSR count). The molecule has 1 N–H and O–H groups in total. The number of rotatable bonds is 3. The van der Waals surface area contributed by atoms with Crippen LogP contribution in [0.3, 0.4) is 0 Å². The van der Waals surface area contributed by atoms with E-state index in [0.717, 1.165) is 25.2 Å². The highest BCUT2D eigenvalue weighted by Gasteiger charge is 2.31. The predicted octanol–water partition coefficient (Wildman–Crippen LogP) is 1.91. The number of alkyl halides is 3. The largest absolute Gasteiger partial charge is 0.483 e. The number of carbonyl (C=O) groups is 1. The standard InChI is InChI=1S/C16H21F3N6.CH2O2/c1-11-8-24(9-12(2)23(11)3)10-15-20-21-22-25(15)14-6-4-5-13(7-14)16(17,18)19;2-1-3/h4-7,11-12H,8-10H2,1-3H3;1H,(H,2,3)/t11-,12+;. The first-order valence-electron chi connectivity index (χ1n) is 8.64. The van der Waals surface area contributed by atoms with Gasteiger partial charge in [0.05, 0.1) is 17.8 Å². The van der Waals surface area contributed by atoms with E-state index in [9.17, 15) is 13.2 Å². The summed E-state index contributed by atoms with van der Waals surface area (Å²) in [7, 11) is 2.10. The molecule has 2 heterocycles. The van der Waals surface area contributed by atoms with Gasteiger partial charge in [-0.15, -0.1) is 5.10 Å². The second-order valence-corrected chi connectivity index (χ2v) is 6.72. The summed E-state index contributed by atoms with van der Waals surface area (Å²) in [4.78, 5) is 12.9. The average Bonchev–Trinajstić information content (AvgIpc) is 3.08. The number of hydrogen-bond donors (Lipinski definition) is 1. The van der Waals surface area contributed by atoms with Crippen LogP contribution >= 0.6 is 0 Å². The van der Waals surface area contributed by atoms with Crippen molar-refractivity contribution in [3.05, 3.63) is 35.7 Å². The number of piperazine rings is 1. The first-order valence-corrected chi connectivity index (χ1v) is 8.64. The van der Waals surface area contributed by atoms with Crippen molar-refractivity contribution >= 4 is 6.47 Å². The number of halogens is 3. The zero-order valence-electron chi connectivity index (χ0n) is 15.8. The number of carboxylic acid groups (broad SMARTS) is 1. The molecular formula is C17H23F3N6O2. The maximum Gasteiger partial charge on any atom is 0.416 e. The molecule has 1 aliphatic heterocycles. The maximum atomic E-state index is 12.9. The van der Waals surface area contributed by atoms with Gasteiger partial charge in [-0.1, -0.05) is 6.07 Å². The van der Waals surface area contributed by atoms with Gasteiger partial charge < -0.3 is 5.11 Å². The van der Waals surface area contributed by atoms with Crippen LogP contribution in [0.2, 0.25) is 0 Å². The Hall–Kier alpha value is -2.53. The molecule has 2 aromatic rings. The first kappa shape index (κ1) is 21.8. The van der Waals surface area contributed by atoms with Crippen LogP contribution in [-0.2, 0) is 17.5 Å². The summed E-state index contributed by atoms with van der Waals surface area (Å²) in [6.07, 6.45) is -4.40. The van der Waals surface area contributed by atoms with Gasteiger partial charge in [-0.25, -0.2) is 0 Å². The second-order valence-electron chi connectivity index (χ2n) is 6.72. The van der Waals surface area contributed by atoms with Crippen molar-refractivity contribution in [3.63, 3.8) is 0 Å². The molecule has 0 amide bonds. The van der Waals surface area contributed by atoms with Crippen molar-refractivity contribution in [3.8, 4) is 5.69 Å². The van der Waals surface area contributed by atoms with E-state index >= 15 is 0 Å². The molecule has 1 aromatic carbocycles. The third-order valence-electron chi connectivity index (χ3n) is 4.75. The van der Waals surface area contributed by atoms with Crippen LogP contribution in [0.4, 0.5) is 13.2 Å². The Bertz CT molecular complexity index is 770. The topological polar surface area (TPSA) is 87.4 Å². The van der Waals surface area contributed by atoms with Gasteiger partial charge in [0.25, 0.3) is 6.47 Å². The Labute approximate surface area is 160 Å². The van der Waals surface area contributed by atoms with E-state index in [1.54, 1.807) is 6.07 Å². The molecule has 8 nitrogen and oxygen atoms in total. The van der Waals surface area contributed by atoms with E-state index in [-0.39, 0.29) is 6.47 Å².